The zero-order valence-corrected chi connectivity index (χ0v) is 13.7. The molecule has 0 radical (unpaired) electrons. The maximum Gasteiger partial charge on any atom is 0.0376 e. The van der Waals surface area contributed by atoms with E-state index in [9.17, 15) is 0 Å². The van der Waals surface area contributed by atoms with Gasteiger partial charge in [0.1, 0.15) is 0 Å². The lowest BCUT2D eigenvalue weighted by Gasteiger charge is -2.39. The summed E-state index contributed by atoms with van der Waals surface area (Å²) in [6.07, 6.45) is 3.71. The maximum atomic E-state index is 3.59. The number of anilines is 2. The summed E-state index contributed by atoms with van der Waals surface area (Å²) in [4.78, 5) is 5.18. The van der Waals surface area contributed by atoms with Crippen LogP contribution in [0.3, 0.4) is 0 Å². The van der Waals surface area contributed by atoms with Gasteiger partial charge in [-0.25, -0.2) is 0 Å². The fourth-order valence-corrected chi connectivity index (χ4v) is 3.51. The van der Waals surface area contributed by atoms with Crippen molar-refractivity contribution < 1.29 is 0 Å². The molecule has 1 saturated heterocycles. The SMILES string of the molecule is CCC(C)N1CCN(c2ccc3c(c2)CCC(C)N3)CC1. The first-order valence-corrected chi connectivity index (χ1v) is 8.56. The van der Waals surface area contributed by atoms with Crippen molar-refractivity contribution >= 4 is 11.4 Å². The lowest BCUT2D eigenvalue weighted by molar-refractivity contribution is 0.193. The van der Waals surface area contributed by atoms with Crippen molar-refractivity contribution in [3.8, 4) is 0 Å². The van der Waals surface area contributed by atoms with E-state index in [0.717, 1.165) is 19.1 Å². The van der Waals surface area contributed by atoms with E-state index in [0.29, 0.717) is 6.04 Å². The van der Waals surface area contributed by atoms with E-state index in [2.05, 4.69) is 54.1 Å². The van der Waals surface area contributed by atoms with E-state index >= 15 is 0 Å². The second-order valence-electron chi connectivity index (χ2n) is 6.71. The van der Waals surface area contributed by atoms with Crippen LogP contribution in [0, 0.1) is 0 Å². The molecular weight excluding hydrogens is 258 g/mol. The van der Waals surface area contributed by atoms with E-state index < -0.39 is 0 Å². The van der Waals surface area contributed by atoms with Gasteiger partial charge in [0.15, 0.2) is 0 Å². The van der Waals surface area contributed by atoms with Gasteiger partial charge in [-0.2, -0.15) is 0 Å². The van der Waals surface area contributed by atoms with Crippen molar-refractivity contribution in [3.63, 3.8) is 0 Å². The Hall–Kier alpha value is -1.22. The second kappa shape index (κ2) is 6.27. The van der Waals surface area contributed by atoms with E-state index in [-0.39, 0.29) is 0 Å². The van der Waals surface area contributed by atoms with Crippen LogP contribution >= 0.6 is 0 Å². The molecule has 21 heavy (non-hydrogen) atoms. The predicted octanol–water partition coefficient (Wildman–Crippen LogP) is 3.35. The van der Waals surface area contributed by atoms with Gasteiger partial charge in [0, 0.05) is 49.6 Å². The molecule has 2 unspecified atom stereocenters. The molecule has 3 rings (SSSR count). The van der Waals surface area contributed by atoms with E-state index in [1.54, 1.807) is 0 Å². The lowest BCUT2D eigenvalue weighted by atomic mass is 9.98. The molecule has 0 aliphatic carbocycles. The average Bonchev–Trinajstić information content (AvgIpc) is 2.53. The van der Waals surface area contributed by atoms with Crippen LogP contribution in [0.15, 0.2) is 18.2 Å². The van der Waals surface area contributed by atoms with Crippen LogP contribution in [0.5, 0.6) is 0 Å². The molecule has 0 aromatic heterocycles. The van der Waals surface area contributed by atoms with Crippen LogP contribution in [-0.4, -0.2) is 43.2 Å². The minimum absolute atomic E-state index is 0.613. The number of aryl methyl sites for hydroxylation is 1. The highest BCUT2D eigenvalue weighted by Gasteiger charge is 2.21. The molecule has 2 heterocycles. The largest absolute Gasteiger partial charge is 0.382 e. The molecule has 0 bridgehead atoms. The van der Waals surface area contributed by atoms with Gasteiger partial charge in [-0.1, -0.05) is 6.92 Å². The van der Waals surface area contributed by atoms with Crippen molar-refractivity contribution in [2.24, 2.45) is 0 Å². The summed E-state index contributed by atoms with van der Waals surface area (Å²) in [5, 5.41) is 3.59. The topological polar surface area (TPSA) is 18.5 Å². The number of hydrogen-bond acceptors (Lipinski definition) is 3. The highest BCUT2D eigenvalue weighted by Crippen LogP contribution is 2.29. The molecule has 1 fully saturated rings. The quantitative estimate of drug-likeness (QED) is 0.919. The van der Waals surface area contributed by atoms with Crippen LogP contribution in [0.25, 0.3) is 0 Å². The van der Waals surface area contributed by atoms with Gasteiger partial charge in [-0.15, -0.1) is 0 Å². The first-order chi connectivity index (χ1) is 10.2. The van der Waals surface area contributed by atoms with Crippen LogP contribution < -0.4 is 10.2 Å². The molecule has 3 nitrogen and oxygen atoms in total. The Kier molecular flexibility index (Phi) is 4.39. The molecule has 116 valence electrons. The third-order valence-corrected chi connectivity index (χ3v) is 5.23. The number of fused-ring (bicyclic) bond motifs is 1. The normalized spacial score (nSPS) is 24.3. The van der Waals surface area contributed by atoms with Crippen molar-refractivity contribution in [1.82, 2.24) is 4.90 Å². The second-order valence-corrected chi connectivity index (χ2v) is 6.71. The standard InChI is InChI=1S/C18H29N3/c1-4-15(3)20-9-11-21(12-10-20)17-7-8-18-16(13-17)6-5-14(2)19-18/h7-8,13-15,19H,4-6,9-12H2,1-3H3. The summed E-state index contributed by atoms with van der Waals surface area (Å²) in [5.74, 6) is 0. The van der Waals surface area contributed by atoms with Gasteiger partial charge in [0.2, 0.25) is 0 Å². The molecule has 2 aliphatic heterocycles. The number of hydrogen-bond donors (Lipinski definition) is 1. The summed E-state index contributed by atoms with van der Waals surface area (Å²) < 4.78 is 0. The van der Waals surface area contributed by atoms with Crippen molar-refractivity contribution in [1.29, 1.82) is 0 Å². The van der Waals surface area contributed by atoms with Gasteiger partial charge < -0.3 is 10.2 Å². The third kappa shape index (κ3) is 3.18. The Bertz CT molecular complexity index is 477. The Morgan fingerprint density at radius 1 is 1.24 bits per heavy atom. The van der Waals surface area contributed by atoms with Gasteiger partial charge in [0.25, 0.3) is 0 Å². The van der Waals surface area contributed by atoms with Crippen molar-refractivity contribution in [2.45, 2.75) is 52.1 Å². The van der Waals surface area contributed by atoms with E-state index in [4.69, 9.17) is 0 Å². The van der Waals surface area contributed by atoms with Crippen molar-refractivity contribution in [2.75, 3.05) is 36.4 Å². The smallest absolute Gasteiger partial charge is 0.0376 e. The van der Waals surface area contributed by atoms with E-state index in [1.807, 2.05) is 0 Å². The molecule has 1 aromatic rings. The van der Waals surface area contributed by atoms with Gasteiger partial charge >= 0.3 is 0 Å². The van der Waals surface area contributed by atoms with Gasteiger partial charge in [0.05, 0.1) is 0 Å². The van der Waals surface area contributed by atoms with Gasteiger partial charge in [-0.05, 0) is 56.9 Å². The fraction of sp³-hybridized carbons (Fsp3) is 0.667. The number of rotatable bonds is 3. The molecule has 0 spiro atoms. The maximum absolute atomic E-state index is 3.59. The van der Waals surface area contributed by atoms with Crippen LogP contribution in [0.4, 0.5) is 11.4 Å². The average molecular weight is 287 g/mol. The molecule has 3 heteroatoms. The Morgan fingerprint density at radius 2 is 2.00 bits per heavy atom. The van der Waals surface area contributed by atoms with Crippen LogP contribution in [0.1, 0.15) is 39.2 Å². The Balaban J connectivity index is 1.66. The van der Waals surface area contributed by atoms with Crippen LogP contribution in [0.2, 0.25) is 0 Å². The number of piperazine rings is 1. The first-order valence-electron chi connectivity index (χ1n) is 8.56. The highest BCUT2D eigenvalue weighted by molar-refractivity contribution is 5.62. The molecule has 0 amide bonds. The third-order valence-electron chi connectivity index (χ3n) is 5.23. The van der Waals surface area contributed by atoms with Gasteiger partial charge in [-0.3, -0.25) is 4.90 Å². The first kappa shape index (κ1) is 14.7. The predicted molar refractivity (Wildman–Crippen MR) is 91.4 cm³/mol. The Morgan fingerprint density at radius 3 is 2.71 bits per heavy atom. The monoisotopic (exact) mass is 287 g/mol. The fourth-order valence-electron chi connectivity index (χ4n) is 3.51. The number of benzene rings is 1. The zero-order valence-electron chi connectivity index (χ0n) is 13.7. The summed E-state index contributed by atoms with van der Waals surface area (Å²) in [6.45, 7) is 11.6. The minimum atomic E-state index is 0.613. The summed E-state index contributed by atoms with van der Waals surface area (Å²) >= 11 is 0. The molecule has 1 aromatic carbocycles. The molecule has 0 saturated carbocycles. The lowest BCUT2D eigenvalue weighted by Crippen LogP contribution is -2.49. The van der Waals surface area contributed by atoms with Crippen LogP contribution in [-0.2, 0) is 6.42 Å². The summed E-state index contributed by atoms with van der Waals surface area (Å²) in [6, 6.07) is 8.32. The summed E-state index contributed by atoms with van der Waals surface area (Å²) in [7, 11) is 0. The number of nitrogens with zero attached hydrogens (tertiary/aromatic N) is 2. The minimum Gasteiger partial charge on any atom is -0.382 e. The Labute approximate surface area is 129 Å². The number of nitrogens with one attached hydrogen (secondary N) is 1. The zero-order chi connectivity index (χ0) is 14.8. The molecule has 1 N–H and O–H groups in total. The molecule has 2 atom stereocenters. The molecule has 2 aliphatic rings. The molecular formula is C18H29N3. The highest BCUT2D eigenvalue weighted by atomic mass is 15.3. The summed E-state index contributed by atoms with van der Waals surface area (Å²) in [5.41, 5.74) is 4.25. The van der Waals surface area contributed by atoms with Crippen molar-refractivity contribution in [3.05, 3.63) is 23.8 Å². The van der Waals surface area contributed by atoms with E-state index in [1.165, 1.54) is 49.3 Å².